The third kappa shape index (κ3) is 3.17. The molecule has 1 aromatic carbocycles. The van der Waals surface area contributed by atoms with E-state index < -0.39 is 4.92 Å². The Morgan fingerprint density at radius 2 is 2.00 bits per heavy atom. The van der Waals surface area contributed by atoms with Gasteiger partial charge in [0.25, 0.3) is 11.6 Å². The highest BCUT2D eigenvalue weighted by atomic mass is 16.6. The number of nitro benzene ring substituents is 1. The SMILES string of the molecule is Cc1cc(C(=O)NCc2cc[nH+]cc2)ccc1[N+](=O)[O-]. The number of aryl methyl sites for hydroxylation is 1. The van der Waals surface area contributed by atoms with Crippen molar-refractivity contribution in [2.45, 2.75) is 13.5 Å². The van der Waals surface area contributed by atoms with Crippen LogP contribution in [-0.4, -0.2) is 10.8 Å². The summed E-state index contributed by atoms with van der Waals surface area (Å²) in [5.41, 5.74) is 1.86. The minimum Gasteiger partial charge on any atom is -0.348 e. The highest BCUT2D eigenvalue weighted by Gasteiger charge is 2.13. The molecule has 102 valence electrons. The van der Waals surface area contributed by atoms with Crippen molar-refractivity contribution in [3.8, 4) is 0 Å². The molecule has 0 radical (unpaired) electrons. The Balaban J connectivity index is 2.06. The molecule has 0 aliphatic carbocycles. The molecule has 6 nitrogen and oxygen atoms in total. The van der Waals surface area contributed by atoms with Gasteiger partial charge in [0.2, 0.25) is 0 Å². The average molecular weight is 272 g/mol. The second kappa shape index (κ2) is 5.92. The normalized spacial score (nSPS) is 10.1. The molecular formula is C14H14N3O3+. The molecule has 2 rings (SSSR count). The lowest BCUT2D eigenvalue weighted by Gasteiger charge is -2.05. The fraction of sp³-hybridized carbons (Fsp3) is 0.143. The molecule has 0 spiro atoms. The van der Waals surface area contributed by atoms with Crippen LogP contribution in [0.25, 0.3) is 0 Å². The monoisotopic (exact) mass is 272 g/mol. The Bertz CT molecular complexity index is 641. The zero-order valence-electron chi connectivity index (χ0n) is 10.9. The van der Waals surface area contributed by atoms with Gasteiger partial charge in [-0.3, -0.25) is 14.9 Å². The molecule has 2 N–H and O–H groups in total. The molecule has 6 heteroatoms. The van der Waals surface area contributed by atoms with E-state index in [9.17, 15) is 14.9 Å². The quantitative estimate of drug-likeness (QED) is 0.678. The van der Waals surface area contributed by atoms with Gasteiger partial charge in [-0.25, -0.2) is 4.98 Å². The van der Waals surface area contributed by atoms with Crippen molar-refractivity contribution in [2.75, 3.05) is 0 Å². The van der Waals surface area contributed by atoms with Crippen LogP contribution < -0.4 is 10.3 Å². The van der Waals surface area contributed by atoms with Crippen molar-refractivity contribution in [2.24, 2.45) is 0 Å². The first kappa shape index (κ1) is 13.7. The standard InChI is InChI=1S/C14H13N3O3/c1-10-8-12(2-3-13(10)17(19)20)14(18)16-9-11-4-6-15-7-5-11/h2-8H,9H2,1H3,(H,16,18)/p+1. The lowest BCUT2D eigenvalue weighted by atomic mass is 10.1. The van der Waals surface area contributed by atoms with E-state index >= 15 is 0 Å². The number of H-pyrrole nitrogens is 1. The van der Waals surface area contributed by atoms with Crippen LogP contribution in [0.3, 0.4) is 0 Å². The Morgan fingerprint density at radius 3 is 2.60 bits per heavy atom. The predicted octanol–water partition coefficient (Wildman–Crippen LogP) is 1.65. The Labute approximate surface area is 115 Å². The van der Waals surface area contributed by atoms with Crippen LogP contribution in [0.4, 0.5) is 5.69 Å². The number of hydrogen-bond donors (Lipinski definition) is 1. The van der Waals surface area contributed by atoms with Gasteiger partial charge in [-0.1, -0.05) is 0 Å². The average Bonchev–Trinajstić information content (AvgIpc) is 2.45. The van der Waals surface area contributed by atoms with E-state index in [0.717, 1.165) is 5.56 Å². The number of amides is 1. The number of pyridine rings is 1. The van der Waals surface area contributed by atoms with E-state index in [4.69, 9.17) is 0 Å². The number of aromatic nitrogens is 1. The molecule has 0 fully saturated rings. The molecule has 0 saturated heterocycles. The van der Waals surface area contributed by atoms with Gasteiger partial charge in [0.15, 0.2) is 12.4 Å². The summed E-state index contributed by atoms with van der Waals surface area (Å²) in [6.45, 7) is 2.02. The third-order valence-corrected chi connectivity index (χ3v) is 2.90. The smallest absolute Gasteiger partial charge is 0.272 e. The van der Waals surface area contributed by atoms with E-state index in [0.29, 0.717) is 17.7 Å². The molecule has 0 unspecified atom stereocenters. The Morgan fingerprint density at radius 1 is 1.30 bits per heavy atom. The molecule has 0 saturated carbocycles. The Hall–Kier alpha value is -2.76. The molecule has 0 bridgehead atoms. The number of nitrogens with zero attached hydrogens (tertiary/aromatic N) is 1. The zero-order valence-corrected chi connectivity index (χ0v) is 10.9. The number of hydrogen-bond acceptors (Lipinski definition) is 3. The number of nitrogens with one attached hydrogen (secondary N) is 2. The van der Waals surface area contributed by atoms with Gasteiger partial charge >= 0.3 is 0 Å². The topological polar surface area (TPSA) is 86.4 Å². The number of aromatic amines is 1. The van der Waals surface area contributed by atoms with Gasteiger partial charge in [-0.05, 0) is 24.6 Å². The third-order valence-electron chi connectivity index (χ3n) is 2.90. The van der Waals surface area contributed by atoms with E-state index in [1.807, 2.05) is 12.1 Å². The molecule has 0 aliphatic heterocycles. The molecular weight excluding hydrogens is 258 g/mol. The zero-order chi connectivity index (χ0) is 14.5. The van der Waals surface area contributed by atoms with Crippen molar-refractivity contribution in [1.29, 1.82) is 0 Å². The summed E-state index contributed by atoms with van der Waals surface area (Å²) in [6, 6.07) is 8.05. The number of nitro groups is 1. The van der Waals surface area contributed by atoms with Crippen LogP contribution in [-0.2, 0) is 6.54 Å². The molecule has 2 aromatic rings. The molecule has 20 heavy (non-hydrogen) atoms. The van der Waals surface area contributed by atoms with Crippen LogP contribution >= 0.6 is 0 Å². The van der Waals surface area contributed by atoms with Crippen LogP contribution in [0, 0.1) is 17.0 Å². The summed E-state index contributed by atoms with van der Waals surface area (Å²) in [5, 5.41) is 13.5. The van der Waals surface area contributed by atoms with Crippen molar-refractivity contribution in [1.82, 2.24) is 5.32 Å². The van der Waals surface area contributed by atoms with Crippen LogP contribution in [0.5, 0.6) is 0 Å². The van der Waals surface area contributed by atoms with Crippen molar-refractivity contribution < 1.29 is 14.7 Å². The minimum atomic E-state index is -0.461. The van der Waals surface area contributed by atoms with E-state index in [2.05, 4.69) is 10.3 Å². The highest BCUT2D eigenvalue weighted by Crippen LogP contribution is 2.18. The van der Waals surface area contributed by atoms with Crippen LogP contribution in [0.15, 0.2) is 42.7 Å². The second-order valence-electron chi connectivity index (χ2n) is 4.35. The largest absolute Gasteiger partial charge is 0.348 e. The first-order chi connectivity index (χ1) is 9.58. The van der Waals surface area contributed by atoms with Gasteiger partial charge in [-0.15, -0.1) is 0 Å². The van der Waals surface area contributed by atoms with E-state index in [-0.39, 0.29) is 11.6 Å². The van der Waals surface area contributed by atoms with Crippen molar-refractivity contribution in [3.05, 3.63) is 69.5 Å². The molecule has 1 aromatic heterocycles. The molecule has 1 amide bonds. The summed E-state index contributed by atoms with van der Waals surface area (Å²) >= 11 is 0. The van der Waals surface area contributed by atoms with Gasteiger partial charge < -0.3 is 5.32 Å². The number of carbonyl (C=O) groups is 1. The maximum absolute atomic E-state index is 12.0. The number of benzene rings is 1. The van der Waals surface area contributed by atoms with E-state index in [1.165, 1.54) is 18.2 Å². The predicted molar refractivity (Wildman–Crippen MR) is 72.0 cm³/mol. The highest BCUT2D eigenvalue weighted by molar-refractivity contribution is 5.94. The van der Waals surface area contributed by atoms with Gasteiger partial charge in [0.05, 0.1) is 4.92 Å². The van der Waals surface area contributed by atoms with Crippen LogP contribution in [0.1, 0.15) is 21.5 Å². The maximum Gasteiger partial charge on any atom is 0.272 e. The number of carbonyl (C=O) groups excluding carboxylic acids is 1. The Kier molecular flexibility index (Phi) is 4.05. The summed E-state index contributed by atoms with van der Waals surface area (Å²) in [7, 11) is 0. The lowest BCUT2D eigenvalue weighted by Crippen LogP contribution is -2.23. The van der Waals surface area contributed by atoms with Crippen LogP contribution in [0.2, 0.25) is 0 Å². The van der Waals surface area contributed by atoms with Crippen molar-refractivity contribution >= 4 is 11.6 Å². The summed E-state index contributed by atoms with van der Waals surface area (Å²) < 4.78 is 0. The van der Waals surface area contributed by atoms with E-state index in [1.54, 1.807) is 19.3 Å². The fourth-order valence-corrected chi connectivity index (χ4v) is 1.83. The first-order valence-corrected chi connectivity index (χ1v) is 6.06. The first-order valence-electron chi connectivity index (χ1n) is 6.06. The lowest BCUT2D eigenvalue weighted by molar-refractivity contribution is -0.385. The van der Waals surface area contributed by atoms with Gasteiger partial charge in [-0.2, -0.15) is 0 Å². The minimum absolute atomic E-state index is 0.0140. The summed E-state index contributed by atoms with van der Waals surface area (Å²) in [4.78, 5) is 25.1. The summed E-state index contributed by atoms with van der Waals surface area (Å²) in [6.07, 6.45) is 3.55. The molecule has 1 heterocycles. The molecule has 0 aliphatic rings. The van der Waals surface area contributed by atoms with Crippen molar-refractivity contribution in [3.63, 3.8) is 0 Å². The summed E-state index contributed by atoms with van der Waals surface area (Å²) in [5.74, 6) is -0.254. The maximum atomic E-state index is 12.0. The molecule has 0 atom stereocenters. The van der Waals surface area contributed by atoms with Gasteiger partial charge in [0.1, 0.15) is 0 Å². The van der Waals surface area contributed by atoms with Gasteiger partial charge in [0, 0.05) is 35.9 Å². The number of rotatable bonds is 4. The second-order valence-corrected chi connectivity index (χ2v) is 4.35. The fourth-order valence-electron chi connectivity index (χ4n) is 1.83.